The fourth-order valence-electron chi connectivity index (χ4n) is 2.43. The Morgan fingerprint density at radius 2 is 1.37 bits per heavy atom. The van der Waals surface area contributed by atoms with Gasteiger partial charge in [0.15, 0.2) is 0 Å². The van der Waals surface area contributed by atoms with E-state index in [0.717, 1.165) is 5.32 Å². The van der Waals surface area contributed by atoms with Crippen LogP contribution in [0.25, 0.3) is 0 Å². The summed E-state index contributed by atoms with van der Waals surface area (Å²) in [5.41, 5.74) is -8.41. The molecule has 0 aromatic heterocycles. The van der Waals surface area contributed by atoms with Crippen LogP contribution in [0.3, 0.4) is 0 Å². The maximum absolute atomic E-state index is 14.7. The van der Waals surface area contributed by atoms with Crippen molar-refractivity contribution in [2.45, 2.75) is 34.5 Å². The number of carbonyl (C=O) groups is 1. The van der Waals surface area contributed by atoms with Crippen molar-refractivity contribution in [2.24, 2.45) is 0 Å². The fourth-order valence-corrected chi connectivity index (χ4v) is 3.14. The van der Waals surface area contributed by atoms with Crippen LogP contribution >= 0.6 is 27.5 Å². The first-order chi connectivity index (χ1) is 13.2. The number of amides is 1. The maximum Gasteiger partial charge on any atom is 0.367 e. The molecule has 2 rings (SSSR count). The molecule has 1 N–H and O–H groups in total. The van der Waals surface area contributed by atoms with Crippen LogP contribution in [0.5, 0.6) is 0 Å². The second-order valence-corrected chi connectivity index (χ2v) is 7.28. The maximum atomic E-state index is 14.7. The van der Waals surface area contributed by atoms with E-state index in [1.54, 1.807) is 0 Å². The molecule has 0 spiro atoms. The number of hydrogen-bond acceptors (Lipinski definition) is 3. The molecule has 168 valence electrons. The monoisotopic (exact) mass is 540 g/mol. The van der Waals surface area contributed by atoms with Gasteiger partial charge >= 0.3 is 34.5 Å². The summed E-state index contributed by atoms with van der Waals surface area (Å²) < 4.78 is 138. The third-order valence-corrected chi connectivity index (χ3v) is 5.30. The minimum atomic E-state index is -7.08. The summed E-state index contributed by atoms with van der Waals surface area (Å²) >= 11 is 6.50. The quantitative estimate of drug-likeness (QED) is 0.239. The van der Waals surface area contributed by atoms with Crippen molar-refractivity contribution in [2.75, 3.05) is 5.32 Å². The van der Waals surface area contributed by atoms with Gasteiger partial charge in [0.25, 0.3) is 11.6 Å². The van der Waals surface area contributed by atoms with E-state index >= 15 is 0 Å². The number of non-ortho nitro benzene ring substituents is 1. The van der Waals surface area contributed by atoms with Gasteiger partial charge in [-0.3, -0.25) is 14.9 Å². The van der Waals surface area contributed by atoms with Gasteiger partial charge in [-0.25, -0.2) is 8.78 Å². The Bertz CT molecular complexity index is 896. The van der Waals surface area contributed by atoms with Crippen molar-refractivity contribution >= 4 is 44.8 Å². The number of nitro groups is 1. The number of nitro benzene ring substituents is 1. The van der Waals surface area contributed by atoms with Crippen molar-refractivity contribution in [3.8, 4) is 0 Å². The Morgan fingerprint density at radius 3 is 1.73 bits per heavy atom. The SMILES string of the molecule is O=C(Nc1ccc([N+](=O)[O-])cc1Br)C1(F)C(F)(F)C(F)(F)C(F)(Cl)C(F)(F)C1(F)F. The highest BCUT2D eigenvalue weighted by Gasteiger charge is 3.01. The minimum Gasteiger partial charge on any atom is -0.322 e. The van der Waals surface area contributed by atoms with E-state index in [4.69, 9.17) is 0 Å². The van der Waals surface area contributed by atoms with E-state index < -0.39 is 61.2 Å². The first-order valence-corrected chi connectivity index (χ1v) is 8.22. The Kier molecular flexibility index (Phi) is 5.36. The van der Waals surface area contributed by atoms with Crippen LogP contribution in [0.1, 0.15) is 0 Å². The average molecular weight is 542 g/mol. The number of halogens is 12. The number of anilines is 1. The molecule has 1 aromatic carbocycles. The number of hydrogen-bond donors (Lipinski definition) is 1. The number of rotatable bonds is 3. The zero-order valence-corrected chi connectivity index (χ0v) is 15.8. The Labute approximate surface area is 171 Å². The molecule has 1 saturated carbocycles. The van der Waals surface area contributed by atoms with E-state index in [2.05, 4.69) is 27.5 Å². The lowest BCUT2D eigenvalue weighted by Gasteiger charge is -2.52. The Hall–Kier alpha value is -1.84. The lowest BCUT2D eigenvalue weighted by molar-refractivity contribution is -0.432. The molecule has 0 heterocycles. The molecule has 1 fully saturated rings. The van der Waals surface area contributed by atoms with Gasteiger partial charge in [-0.15, -0.1) is 0 Å². The van der Waals surface area contributed by atoms with Crippen LogP contribution in [-0.4, -0.2) is 45.3 Å². The molecule has 5 nitrogen and oxygen atoms in total. The Balaban J connectivity index is 2.65. The summed E-state index contributed by atoms with van der Waals surface area (Å²) in [7, 11) is 0. The molecule has 0 radical (unpaired) electrons. The van der Waals surface area contributed by atoms with E-state index in [1.165, 1.54) is 0 Å². The van der Waals surface area contributed by atoms with Crippen molar-refractivity contribution < 1.29 is 53.6 Å². The number of nitrogens with zero attached hydrogens (tertiary/aromatic N) is 1. The second-order valence-electron chi connectivity index (χ2n) is 5.91. The third kappa shape index (κ3) is 2.64. The summed E-state index contributed by atoms with van der Waals surface area (Å²) in [5.74, 6) is -31.6. The summed E-state index contributed by atoms with van der Waals surface area (Å²) in [6, 6.07) is 1.54. The molecule has 17 heteroatoms. The normalized spacial score (nSPS) is 31.1. The molecular formula is C13H4BrClF10N2O3. The molecule has 1 amide bonds. The van der Waals surface area contributed by atoms with Gasteiger partial charge in [0.1, 0.15) is 0 Å². The van der Waals surface area contributed by atoms with Crippen LogP contribution in [0, 0.1) is 10.1 Å². The van der Waals surface area contributed by atoms with Crippen LogP contribution in [0.2, 0.25) is 0 Å². The van der Waals surface area contributed by atoms with Gasteiger partial charge in [-0.05, 0) is 22.0 Å². The number of nitrogens with one attached hydrogen (secondary N) is 1. The lowest BCUT2D eigenvalue weighted by atomic mass is 9.72. The average Bonchev–Trinajstić information content (AvgIpc) is 2.60. The van der Waals surface area contributed by atoms with Crippen molar-refractivity contribution in [3.63, 3.8) is 0 Å². The largest absolute Gasteiger partial charge is 0.367 e. The molecule has 0 atom stereocenters. The van der Waals surface area contributed by atoms with Crippen molar-refractivity contribution in [1.29, 1.82) is 0 Å². The zero-order chi connectivity index (χ0) is 23.7. The number of benzene rings is 1. The lowest BCUT2D eigenvalue weighted by Crippen LogP contribution is -2.85. The van der Waals surface area contributed by atoms with Gasteiger partial charge in [0, 0.05) is 16.6 Å². The summed E-state index contributed by atoms with van der Waals surface area (Å²) in [5, 5.41) is 5.03. The van der Waals surface area contributed by atoms with Crippen molar-refractivity contribution in [1.82, 2.24) is 0 Å². The van der Waals surface area contributed by atoms with Crippen LogP contribution < -0.4 is 5.32 Å². The van der Waals surface area contributed by atoms with E-state index in [-0.39, 0.29) is 0 Å². The summed E-state index contributed by atoms with van der Waals surface area (Å²) in [4.78, 5) is 21.4. The van der Waals surface area contributed by atoms with E-state index in [1.807, 2.05) is 0 Å². The number of alkyl halides is 11. The standard InChI is InChI=1S/C13H4BrClF10N2O3/c14-5-3-4(27(29)30)1-2-6(5)26-7(28)8(16)10(18,19)12(22,23)9(15,17)13(24,25)11(8,20)21/h1-3H,(H,26,28). The van der Waals surface area contributed by atoms with Gasteiger partial charge < -0.3 is 5.32 Å². The predicted molar refractivity (Wildman–Crippen MR) is 82.7 cm³/mol. The van der Waals surface area contributed by atoms with Gasteiger partial charge in [-0.1, -0.05) is 11.6 Å². The molecule has 30 heavy (non-hydrogen) atoms. The molecule has 1 aliphatic carbocycles. The highest BCUT2D eigenvalue weighted by atomic mass is 79.9. The van der Waals surface area contributed by atoms with Crippen LogP contribution in [0.15, 0.2) is 22.7 Å². The van der Waals surface area contributed by atoms with E-state index in [9.17, 15) is 58.8 Å². The molecule has 1 aromatic rings. The minimum absolute atomic E-state index is 0.458. The predicted octanol–water partition coefficient (Wildman–Crippen LogP) is 5.46. The molecule has 1 aliphatic rings. The first-order valence-electron chi connectivity index (χ1n) is 7.05. The zero-order valence-electron chi connectivity index (χ0n) is 13.4. The molecule has 0 unspecified atom stereocenters. The van der Waals surface area contributed by atoms with Crippen LogP contribution in [0.4, 0.5) is 55.3 Å². The van der Waals surface area contributed by atoms with Gasteiger partial charge in [0.05, 0.1) is 10.6 Å². The highest BCUT2D eigenvalue weighted by Crippen LogP contribution is 2.70. The van der Waals surface area contributed by atoms with Gasteiger partial charge in [-0.2, -0.15) is 35.1 Å². The smallest absolute Gasteiger partial charge is 0.322 e. The molecule has 0 saturated heterocycles. The van der Waals surface area contributed by atoms with Crippen molar-refractivity contribution in [3.05, 3.63) is 32.8 Å². The fraction of sp³-hybridized carbons (Fsp3) is 0.462. The molecule has 0 aliphatic heterocycles. The summed E-state index contributed by atoms with van der Waals surface area (Å²) in [6.07, 6.45) is 0. The number of carbonyl (C=O) groups excluding carboxylic acids is 1. The highest BCUT2D eigenvalue weighted by molar-refractivity contribution is 9.10. The summed E-state index contributed by atoms with van der Waals surface area (Å²) in [6.45, 7) is 0. The Morgan fingerprint density at radius 1 is 0.933 bits per heavy atom. The molecular weight excluding hydrogens is 537 g/mol. The van der Waals surface area contributed by atoms with Crippen LogP contribution in [-0.2, 0) is 4.79 Å². The third-order valence-electron chi connectivity index (χ3n) is 4.17. The topological polar surface area (TPSA) is 72.2 Å². The first kappa shape index (κ1) is 24.4. The van der Waals surface area contributed by atoms with E-state index in [0.29, 0.717) is 18.2 Å². The molecule has 0 bridgehead atoms. The second kappa shape index (κ2) is 6.58. The van der Waals surface area contributed by atoms with Gasteiger partial charge in [0.2, 0.25) is 0 Å².